The van der Waals surface area contributed by atoms with Gasteiger partial charge >= 0.3 is 19.2 Å². The van der Waals surface area contributed by atoms with Gasteiger partial charge in [0.05, 0.1) is 24.2 Å². The Morgan fingerprint density at radius 1 is 0.981 bits per heavy atom. The summed E-state index contributed by atoms with van der Waals surface area (Å²) in [5.41, 5.74) is 1.43. The smallest absolute Gasteiger partial charge is 0.444 e. The maximum atomic E-state index is 14.8. The molecule has 1 aromatic rings. The molecule has 8 rings (SSSR count). The van der Waals surface area contributed by atoms with Crippen molar-refractivity contribution in [1.82, 2.24) is 25.8 Å². The molecule has 2 bridgehead atoms. The highest BCUT2D eigenvalue weighted by molar-refractivity contribution is 6.48. The minimum Gasteiger partial charge on any atom is -0.444 e. The van der Waals surface area contributed by atoms with Gasteiger partial charge in [0.25, 0.3) is 0 Å². The summed E-state index contributed by atoms with van der Waals surface area (Å²) >= 11 is 0. The summed E-state index contributed by atoms with van der Waals surface area (Å²) in [6.45, 7) is 15.5. The van der Waals surface area contributed by atoms with E-state index in [9.17, 15) is 19.2 Å². The van der Waals surface area contributed by atoms with Gasteiger partial charge < -0.3 is 34.9 Å². The zero-order chi connectivity index (χ0) is 38.6. The molecule has 3 N–H and O–H groups in total. The van der Waals surface area contributed by atoms with Gasteiger partial charge in [0.1, 0.15) is 18.2 Å². The molecule has 3 heterocycles. The molecule has 6 fully saturated rings. The first-order valence-corrected chi connectivity index (χ1v) is 20.6. The van der Waals surface area contributed by atoms with E-state index in [4.69, 9.17) is 14.0 Å². The van der Waals surface area contributed by atoms with Crippen molar-refractivity contribution in [1.29, 1.82) is 0 Å². The summed E-state index contributed by atoms with van der Waals surface area (Å²) in [6, 6.07) is 5.79. The van der Waals surface area contributed by atoms with Crippen LogP contribution in [0.3, 0.4) is 0 Å². The molecule has 1 aromatic carbocycles. The summed E-state index contributed by atoms with van der Waals surface area (Å²) in [4.78, 5) is 59.4. The number of benzene rings is 1. The predicted molar refractivity (Wildman–Crippen MR) is 205 cm³/mol. The zero-order valence-electron chi connectivity index (χ0n) is 33.5. The number of rotatable bonds is 9. The highest BCUT2D eigenvalue weighted by Gasteiger charge is 2.68. The molecule has 2 saturated heterocycles. The van der Waals surface area contributed by atoms with E-state index in [1.807, 2.05) is 45.0 Å². The molecule has 12 nitrogen and oxygen atoms in total. The Balaban J connectivity index is 1.11. The minimum absolute atomic E-state index is 0.0258. The van der Waals surface area contributed by atoms with Crippen LogP contribution in [0.4, 0.5) is 9.59 Å². The van der Waals surface area contributed by atoms with Crippen LogP contribution in [-0.2, 0) is 36.7 Å². The van der Waals surface area contributed by atoms with Crippen molar-refractivity contribution in [2.24, 2.45) is 23.2 Å². The van der Waals surface area contributed by atoms with Gasteiger partial charge in [-0.15, -0.1) is 0 Å². The Bertz CT molecular complexity index is 1570. The molecule has 0 radical (unpaired) electrons. The van der Waals surface area contributed by atoms with Gasteiger partial charge in [-0.25, -0.2) is 9.59 Å². The van der Waals surface area contributed by atoms with Crippen LogP contribution in [0.5, 0.6) is 0 Å². The van der Waals surface area contributed by atoms with Crippen molar-refractivity contribution in [2.75, 3.05) is 6.54 Å². The van der Waals surface area contributed by atoms with E-state index in [1.54, 1.807) is 9.80 Å². The van der Waals surface area contributed by atoms with E-state index >= 15 is 0 Å². The van der Waals surface area contributed by atoms with Gasteiger partial charge in [0.15, 0.2) is 0 Å². The Morgan fingerprint density at radius 3 is 2.30 bits per heavy atom. The summed E-state index contributed by atoms with van der Waals surface area (Å²) in [7, 11) is -0.604. The predicted octanol–water partition coefficient (Wildman–Crippen LogP) is 5.71. The number of hydrogen-bond acceptors (Lipinski definition) is 7. The second-order valence-corrected chi connectivity index (χ2v) is 18.8. The van der Waals surface area contributed by atoms with E-state index in [2.05, 4.69) is 43.6 Å². The number of carbonyl (C=O) groups excluding carboxylic acids is 4. The molecule has 4 saturated carbocycles. The van der Waals surface area contributed by atoms with Crippen molar-refractivity contribution < 1.29 is 33.2 Å². The third-order valence-electron chi connectivity index (χ3n) is 13.6. The maximum Gasteiger partial charge on any atom is 0.481 e. The van der Waals surface area contributed by atoms with Crippen LogP contribution < -0.4 is 16.0 Å². The van der Waals surface area contributed by atoms with Crippen molar-refractivity contribution in [3.8, 4) is 0 Å². The number of likely N-dealkylation sites (tertiary alicyclic amines) is 1. The first kappa shape index (κ1) is 38.9. The Hall–Kier alpha value is -3.32. The number of amides is 5. The van der Waals surface area contributed by atoms with Crippen LogP contribution in [-0.4, -0.2) is 88.8 Å². The third-order valence-corrected chi connectivity index (χ3v) is 13.6. The van der Waals surface area contributed by atoms with E-state index < -0.39 is 54.5 Å². The number of ether oxygens (including phenoxy) is 1. The van der Waals surface area contributed by atoms with E-state index in [-0.39, 0.29) is 42.2 Å². The lowest BCUT2D eigenvalue weighted by atomic mass is 9.43. The lowest BCUT2D eigenvalue weighted by Crippen LogP contribution is -2.65. The van der Waals surface area contributed by atoms with Gasteiger partial charge in [-0.1, -0.05) is 70.7 Å². The van der Waals surface area contributed by atoms with Gasteiger partial charge in [-0.2, -0.15) is 0 Å². The normalized spacial score (nSPS) is 31.2. The fraction of sp³-hybridized carbons (Fsp3) is 0.756. The molecular formula is C41H62BN5O7. The number of fused-ring (bicyclic) bond motifs is 1. The number of carbonyl (C=O) groups is 4. The van der Waals surface area contributed by atoms with Crippen molar-refractivity contribution in [3.05, 3.63) is 35.4 Å². The van der Waals surface area contributed by atoms with Crippen molar-refractivity contribution in [3.63, 3.8) is 0 Å². The quantitative estimate of drug-likeness (QED) is 0.276. The number of hydrogen-bond donors (Lipinski definition) is 3. The first-order chi connectivity index (χ1) is 25.6. The first-order valence-electron chi connectivity index (χ1n) is 20.6. The molecule has 7 aliphatic rings. The fourth-order valence-electron chi connectivity index (χ4n) is 10.5. The van der Waals surface area contributed by atoms with Gasteiger partial charge in [0, 0.05) is 25.0 Å². The Labute approximate surface area is 321 Å². The van der Waals surface area contributed by atoms with Crippen molar-refractivity contribution in [2.45, 2.75) is 167 Å². The lowest BCUT2D eigenvalue weighted by molar-refractivity contribution is -0.199. The maximum absolute atomic E-state index is 14.8. The molecular weight excluding hydrogens is 685 g/mol. The average Bonchev–Trinajstić information content (AvgIpc) is 3.84. The van der Waals surface area contributed by atoms with Crippen LogP contribution in [0.2, 0.25) is 0 Å². The summed E-state index contributed by atoms with van der Waals surface area (Å²) in [5.74, 6) is -0.148. The molecule has 0 unspecified atom stereocenters. The second-order valence-electron chi connectivity index (χ2n) is 18.8. The van der Waals surface area contributed by atoms with Crippen LogP contribution in [0.15, 0.2) is 24.3 Å². The highest BCUT2D eigenvalue weighted by Crippen LogP contribution is 2.65. The minimum atomic E-state index is -0.907. The second kappa shape index (κ2) is 15.0. The van der Waals surface area contributed by atoms with Gasteiger partial charge in [-0.05, 0) is 94.1 Å². The molecule has 296 valence electrons. The molecule has 3 aliphatic heterocycles. The molecule has 5 amide bonds. The van der Waals surface area contributed by atoms with E-state index in [0.717, 1.165) is 62.5 Å². The van der Waals surface area contributed by atoms with Gasteiger partial charge in [-0.3, -0.25) is 14.5 Å². The molecule has 8 atom stereocenters. The third kappa shape index (κ3) is 7.60. The summed E-state index contributed by atoms with van der Waals surface area (Å²) in [6.07, 6.45) is 7.12. The molecule has 4 aliphatic carbocycles. The monoisotopic (exact) mass is 747 g/mol. The SMILES string of the molecule is CCC[C@H](NC(=O)[C@@H]1C[C@@H](OC(=O)N2Cc3ccccc3C2)CN1C(=O)[C@@H](NC(=O)NC(C)(C)C)C1CCCCC1)B1O[C@@H]2C[C@H]3C[C@H](C3(C)C)[C@]2(C)O1. The summed E-state index contributed by atoms with van der Waals surface area (Å²) < 4.78 is 19.5. The van der Waals surface area contributed by atoms with E-state index in [0.29, 0.717) is 31.3 Å². The van der Waals surface area contributed by atoms with E-state index in [1.165, 1.54) is 0 Å². The lowest BCUT2D eigenvalue weighted by Gasteiger charge is -2.64. The topological polar surface area (TPSA) is 139 Å². The summed E-state index contributed by atoms with van der Waals surface area (Å²) in [5, 5.41) is 9.22. The highest BCUT2D eigenvalue weighted by atomic mass is 16.7. The molecule has 13 heteroatoms. The molecule has 54 heavy (non-hydrogen) atoms. The molecule has 0 spiro atoms. The van der Waals surface area contributed by atoms with Gasteiger partial charge in [0.2, 0.25) is 11.8 Å². The van der Waals surface area contributed by atoms with Crippen LogP contribution in [0.1, 0.15) is 124 Å². The largest absolute Gasteiger partial charge is 0.481 e. The Kier molecular flexibility index (Phi) is 10.8. The Morgan fingerprint density at radius 2 is 1.67 bits per heavy atom. The fourth-order valence-corrected chi connectivity index (χ4v) is 10.5. The number of nitrogens with one attached hydrogen (secondary N) is 3. The van der Waals surface area contributed by atoms with Crippen LogP contribution in [0, 0.1) is 23.2 Å². The number of nitrogens with zero attached hydrogens (tertiary/aromatic N) is 2. The standard InChI is InChI=1S/C41H62BN5O7/c1-8-14-33(42-53-32-20-28-19-31(40(28,5)6)41(32,7)54-42)43-35(48)30-21-29(52-38(51)46-22-26-17-12-13-18-27(26)23-46)24-47(30)36(49)34(25-15-10-9-11-16-25)44-37(50)45-39(2,3)4/h12-13,17-18,25,28-34H,8-11,14-16,19-24H2,1-7H3,(H,43,48)(H2,44,45,50)/t28-,29-,30+,31-,32-,33+,34+,41+/m1/s1. The average molecular weight is 748 g/mol. The van der Waals surface area contributed by atoms with Crippen LogP contribution >= 0.6 is 0 Å². The molecule has 0 aromatic heterocycles. The van der Waals surface area contributed by atoms with Crippen molar-refractivity contribution >= 4 is 31.1 Å². The number of urea groups is 1. The zero-order valence-corrected chi connectivity index (χ0v) is 33.5. The van der Waals surface area contributed by atoms with Crippen LogP contribution in [0.25, 0.3) is 0 Å².